The number of aryl methyl sites for hydroxylation is 1. The van der Waals surface area contributed by atoms with Gasteiger partial charge in [-0.3, -0.25) is 9.78 Å². The van der Waals surface area contributed by atoms with E-state index in [1.807, 2.05) is 32.0 Å². The monoisotopic (exact) mass is 617 g/mol. The molecule has 1 amide bonds. The number of amides is 1. The van der Waals surface area contributed by atoms with Crippen LogP contribution in [0, 0.1) is 24.8 Å². The van der Waals surface area contributed by atoms with Crippen LogP contribution in [0.4, 0.5) is 22.0 Å². The fourth-order valence-electron chi connectivity index (χ4n) is 5.64. The van der Waals surface area contributed by atoms with Gasteiger partial charge in [0.1, 0.15) is 5.78 Å². The van der Waals surface area contributed by atoms with Crippen molar-refractivity contribution in [2.24, 2.45) is 11.8 Å². The van der Waals surface area contributed by atoms with Crippen molar-refractivity contribution in [3.63, 3.8) is 0 Å². The Morgan fingerprint density at radius 2 is 1.73 bits per heavy atom. The number of aromatic nitrogens is 1. The van der Waals surface area contributed by atoms with Gasteiger partial charge in [-0.1, -0.05) is 46.0 Å². The van der Waals surface area contributed by atoms with Crippen molar-refractivity contribution in [1.29, 1.82) is 0 Å². The molecule has 1 saturated carbocycles. The van der Waals surface area contributed by atoms with Crippen LogP contribution in [-0.2, 0) is 45.5 Å². The second-order valence-corrected chi connectivity index (χ2v) is 11.3. The molecule has 226 valence electrons. The van der Waals surface area contributed by atoms with Crippen LogP contribution < -0.4 is 0 Å². The summed E-state index contributed by atoms with van der Waals surface area (Å²) in [7, 11) is 0. The van der Waals surface area contributed by atoms with Crippen molar-refractivity contribution in [3.05, 3.63) is 64.5 Å². The summed E-state index contributed by atoms with van der Waals surface area (Å²) in [5.74, 6) is -2.78. The van der Waals surface area contributed by atoms with Gasteiger partial charge < -0.3 is 9.69 Å². The van der Waals surface area contributed by atoms with Crippen molar-refractivity contribution < 1.29 is 48.9 Å². The van der Waals surface area contributed by atoms with Crippen molar-refractivity contribution in [1.82, 2.24) is 9.88 Å². The van der Waals surface area contributed by atoms with E-state index in [0.29, 0.717) is 37.9 Å². The first kappa shape index (κ1) is 34.9. The number of nitrogens with zero attached hydrogens (tertiary/aromatic N) is 2. The summed E-state index contributed by atoms with van der Waals surface area (Å²) in [5.41, 5.74) is -0.990. The molecular formula is C31H38CrF5N2O2-. The molecule has 2 fully saturated rings. The largest absolute Gasteiger partial charge is 0.418 e. The zero-order chi connectivity index (χ0) is 29.7. The molecule has 0 N–H and O–H groups in total. The first-order valence-electron chi connectivity index (χ1n) is 13.9. The molecule has 0 bridgehead atoms. The summed E-state index contributed by atoms with van der Waals surface area (Å²) >= 11 is 0. The molecule has 2 heterocycles. The molecule has 1 saturated heterocycles. The number of benzene rings is 1. The molecule has 4 nitrogen and oxygen atoms in total. The average Bonchev–Trinajstić information content (AvgIpc) is 3.25. The Hall–Kier alpha value is -2.31. The van der Waals surface area contributed by atoms with E-state index in [9.17, 15) is 31.5 Å². The number of pyridine rings is 1. The third-order valence-corrected chi connectivity index (χ3v) is 7.70. The van der Waals surface area contributed by atoms with Crippen LogP contribution >= 0.6 is 0 Å². The predicted octanol–water partition coefficient (Wildman–Crippen LogP) is 8.02. The first-order chi connectivity index (χ1) is 18.7. The van der Waals surface area contributed by atoms with E-state index in [-0.39, 0.29) is 29.3 Å². The number of rotatable bonds is 6. The zero-order valence-corrected chi connectivity index (χ0v) is 25.3. The Morgan fingerprint density at radius 1 is 1.07 bits per heavy atom. The van der Waals surface area contributed by atoms with E-state index in [0.717, 1.165) is 23.5 Å². The molecule has 1 aliphatic carbocycles. The van der Waals surface area contributed by atoms with Crippen LogP contribution in [-0.4, -0.2) is 28.1 Å². The second kappa shape index (κ2) is 14.7. The number of Topliss-reactive ketones (excluding diaryl/α,β-unsaturated/α-hetero) is 1. The Morgan fingerprint density at radius 3 is 2.29 bits per heavy atom. The maximum Gasteiger partial charge on any atom is 0.418 e. The third kappa shape index (κ3) is 9.89. The van der Waals surface area contributed by atoms with Crippen molar-refractivity contribution in [3.8, 4) is 0 Å². The molecule has 2 aliphatic rings. The molecule has 0 unspecified atom stereocenters. The number of hydrogen-bond donors (Lipinski definition) is 0. The van der Waals surface area contributed by atoms with E-state index in [4.69, 9.17) is 0 Å². The van der Waals surface area contributed by atoms with Gasteiger partial charge in [0.05, 0.1) is 17.7 Å². The maximum absolute atomic E-state index is 13.5. The van der Waals surface area contributed by atoms with E-state index in [1.54, 1.807) is 11.8 Å². The summed E-state index contributed by atoms with van der Waals surface area (Å²) in [5, 5.41) is 0. The minimum absolute atomic E-state index is 0. The van der Waals surface area contributed by atoms with E-state index >= 15 is 0 Å². The van der Waals surface area contributed by atoms with Gasteiger partial charge in [-0.25, -0.2) is 8.78 Å². The normalized spacial score (nSPS) is 19.7. The van der Waals surface area contributed by atoms with Gasteiger partial charge >= 0.3 is 6.18 Å². The molecule has 1 aromatic carbocycles. The topological polar surface area (TPSA) is 50.3 Å². The summed E-state index contributed by atoms with van der Waals surface area (Å²) in [6.45, 7) is 6.46. The van der Waals surface area contributed by atoms with Crippen LogP contribution in [0.2, 0.25) is 0 Å². The fourth-order valence-corrected chi connectivity index (χ4v) is 5.64. The summed E-state index contributed by atoms with van der Waals surface area (Å²) in [6, 6.07) is 8.87. The van der Waals surface area contributed by atoms with Gasteiger partial charge in [-0.2, -0.15) is 43.0 Å². The van der Waals surface area contributed by atoms with Gasteiger partial charge in [0.25, 0.3) is 5.92 Å². The molecule has 2 atom stereocenters. The van der Waals surface area contributed by atoms with Crippen LogP contribution in [0.5, 0.6) is 0 Å². The predicted molar refractivity (Wildman–Crippen MR) is 143 cm³/mol. The Labute approximate surface area is 250 Å². The molecule has 41 heavy (non-hydrogen) atoms. The third-order valence-electron chi connectivity index (χ3n) is 7.70. The van der Waals surface area contributed by atoms with E-state index < -0.39 is 41.2 Å². The SMILES string of the molecule is CC(=O)CC1CCCCC1.Cc1[c-]c([C@H]2[C@@H](C)CCN2C(=O)Cc2ncc(C(C)(F)F)cc2C(F)(F)F)ccc1.[Cr]. The molecular weight excluding hydrogens is 579 g/mol. The molecule has 4 rings (SSSR count). The molecule has 0 radical (unpaired) electrons. The fraction of sp³-hybridized carbons (Fsp3) is 0.581. The summed E-state index contributed by atoms with van der Waals surface area (Å²) in [4.78, 5) is 28.8. The molecule has 0 spiro atoms. The van der Waals surface area contributed by atoms with Gasteiger partial charge in [-0.15, -0.1) is 5.56 Å². The quantitative estimate of drug-likeness (QED) is 0.244. The van der Waals surface area contributed by atoms with Crippen LogP contribution in [0.25, 0.3) is 0 Å². The van der Waals surface area contributed by atoms with E-state index in [1.165, 1.54) is 32.1 Å². The molecule has 1 aromatic heterocycles. The van der Waals surface area contributed by atoms with Crippen LogP contribution in [0.15, 0.2) is 30.5 Å². The van der Waals surface area contributed by atoms with Crippen molar-refractivity contribution in [2.45, 2.75) is 97.2 Å². The van der Waals surface area contributed by atoms with Crippen LogP contribution in [0.3, 0.4) is 0 Å². The summed E-state index contributed by atoms with van der Waals surface area (Å²) in [6.07, 6.45) is 3.39. The van der Waals surface area contributed by atoms with Gasteiger partial charge in [0, 0.05) is 55.1 Å². The number of halogens is 5. The molecule has 10 heteroatoms. The zero-order valence-electron chi connectivity index (χ0n) is 24.0. The van der Waals surface area contributed by atoms with Gasteiger partial charge in [-0.05, 0) is 31.2 Å². The van der Waals surface area contributed by atoms with Crippen molar-refractivity contribution >= 4 is 11.7 Å². The standard InChI is InChI=1S/C22H22F5N2O.C9H16O.Cr/c1-13-5-4-6-15(9-13)20-14(2)7-8-29(20)19(30)11-18-17(22(25,26)27)10-16(12-28-18)21(3,23)24;1-8(10)7-9-5-3-2-4-6-9;/h4-6,10,12,14,20H,7-8,11H2,1-3H3;9H,2-7H2,1H3;/q-1;;/t14-,20+;;/m0../s1. The number of alkyl halides is 5. The number of ketones is 1. The number of carbonyl (C=O) groups is 2. The smallest absolute Gasteiger partial charge is 0.337 e. The molecule has 2 aromatic rings. The average molecular weight is 618 g/mol. The summed E-state index contributed by atoms with van der Waals surface area (Å²) < 4.78 is 67.4. The van der Waals surface area contributed by atoms with Gasteiger partial charge in [0.2, 0.25) is 5.91 Å². The second-order valence-electron chi connectivity index (χ2n) is 11.3. The first-order valence-corrected chi connectivity index (χ1v) is 13.9. The number of likely N-dealkylation sites (tertiary alicyclic amines) is 1. The van der Waals surface area contributed by atoms with Crippen molar-refractivity contribution in [2.75, 3.05) is 6.54 Å². The minimum atomic E-state index is -4.90. The van der Waals surface area contributed by atoms with Gasteiger partial charge in [0.15, 0.2) is 0 Å². The van der Waals surface area contributed by atoms with E-state index in [2.05, 4.69) is 11.1 Å². The molecule has 1 aliphatic heterocycles. The Balaban J connectivity index is 0.000000452. The minimum Gasteiger partial charge on any atom is -0.337 e. The number of hydrogen-bond acceptors (Lipinski definition) is 3. The Kier molecular flexibility index (Phi) is 12.5. The number of carbonyl (C=O) groups excluding carboxylic acids is 2. The van der Waals surface area contributed by atoms with Crippen LogP contribution in [0.1, 0.15) is 99.7 Å². The Bertz CT molecular complexity index is 1180. The maximum atomic E-state index is 13.5.